The van der Waals surface area contributed by atoms with E-state index in [1.807, 2.05) is 67.6 Å². The molecule has 0 amide bonds. The Labute approximate surface area is 197 Å². The van der Waals surface area contributed by atoms with E-state index >= 15 is 0 Å². The van der Waals surface area contributed by atoms with Crippen molar-refractivity contribution in [2.45, 2.75) is 19.4 Å². The maximum absolute atomic E-state index is 13.9. The summed E-state index contributed by atoms with van der Waals surface area (Å²) in [7, 11) is 0. The van der Waals surface area contributed by atoms with Gasteiger partial charge in [-0.15, -0.1) is 0 Å². The average Bonchev–Trinajstić information content (AvgIpc) is 3.07. The van der Waals surface area contributed by atoms with E-state index in [-0.39, 0.29) is 17.4 Å². The van der Waals surface area contributed by atoms with Crippen LogP contribution in [0.2, 0.25) is 0 Å². The number of aromatic nitrogens is 2. The second-order valence-corrected chi connectivity index (χ2v) is 8.10. The highest BCUT2D eigenvalue weighted by atomic mass is 19.1. The summed E-state index contributed by atoms with van der Waals surface area (Å²) in [6, 6.07) is 24.8. The monoisotopic (exact) mass is 450 g/mol. The molecule has 0 fully saturated rings. The number of nitrogens with zero attached hydrogens (tertiary/aromatic N) is 2. The molecule has 0 radical (unpaired) electrons. The lowest BCUT2D eigenvalue weighted by Crippen LogP contribution is -2.29. The van der Waals surface area contributed by atoms with Gasteiger partial charge in [-0.05, 0) is 67.0 Å². The molecule has 0 aliphatic heterocycles. The van der Waals surface area contributed by atoms with Gasteiger partial charge in [0.2, 0.25) is 0 Å². The molecule has 1 aliphatic carbocycles. The molecule has 4 nitrogen and oxygen atoms in total. The van der Waals surface area contributed by atoms with Gasteiger partial charge in [-0.1, -0.05) is 60.7 Å². The van der Waals surface area contributed by atoms with Gasteiger partial charge in [0.25, 0.3) is 5.56 Å². The van der Waals surface area contributed by atoms with Gasteiger partial charge in [0.1, 0.15) is 23.2 Å². The minimum atomic E-state index is -0.321. The largest absolute Gasteiger partial charge is 0.458 e. The molecule has 1 aromatic heterocycles. The topological polar surface area (TPSA) is 44.1 Å². The Morgan fingerprint density at radius 1 is 0.912 bits per heavy atom. The Balaban J connectivity index is 1.63. The fourth-order valence-electron chi connectivity index (χ4n) is 4.21. The van der Waals surface area contributed by atoms with E-state index in [0.717, 1.165) is 11.1 Å². The predicted molar refractivity (Wildman–Crippen MR) is 133 cm³/mol. The number of hydrogen-bond donors (Lipinski definition) is 0. The van der Waals surface area contributed by atoms with Crippen molar-refractivity contribution >= 4 is 10.9 Å². The van der Waals surface area contributed by atoms with Gasteiger partial charge in [-0.2, -0.15) is 0 Å². The fraction of sp³-hybridized carbons (Fsp3) is 0.103. The van der Waals surface area contributed by atoms with Crippen LogP contribution in [0.5, 0.6) is 5.75 Å². The van der Waals surface area contributed by atoms with Crippen LogP contribution in [0.15, 0.2) is 120 Å². The van der Waals surface area contributed by atoms with Crippen LogP contribution in [0.3, 0.4) is 0 Å². The Morgan fingerprint density at radius 2 is 1.59 bits per heavy atom. The predicted octanol–water partition coefficient (Wildman–Crippen LogP) is 6.42. The lowest BCUT2D eigenvalue weighted by molar-refractivity contribution is 0.443. The third-order valence-corrected chi connectivity index (χ3v) is 5.81. The summed E-state index contributed by atoms with van der Waals surface area (Å²) in [5.74, 6) is 1.34. The van der Waals surface area contributed by atoms with Gasteiger partial charge in [0, 0.05) is 0 Å². The standard InChI is InChI=1S/C29H23FN2O2/c1-20-31-27-18-17-25(34-24-14-8-13-23(30)15-16-24)19-26(27)29(33)32(20)28(21-9-4-2-5-10-21)22-11-6-3-7-12-22/h2-7,9-19,28H,8H2,1H3. The summed E-state index contributed by atoms with van der Waals surface area (Å²) in [4.78, 5) is 18.6. The molecule has 0 N–H and O–H groups in total. The van der Waals surface area contributed by atoms with Crippen LogP contribution in [-0.4, -0.2) is 9.55 Å². The summed E-state index contributed by atoms with van der Waals surface area (Å²) >= 11 is 0. The molecule has 5 heteroatoms. The lowest BCUT2D eigenvalue weighted by Gasteiger charge is -2.23. The van der Waals surface area contributed by atoms with E-state index in [0.29, 0.717) is 34.7 Å². The number of halogens is 1. The zero-order valence-electron chi connectivity index (χ0n) is 18.7. The SMILES string of the molecule is Cc1nc2ccc(OC3=CCC=C(F)C=C3)cc2c(=O)n1C(c1ccccc1)c1ccccc1. The van der Waals surface area contributed by atoms with Crippen molar-refractivity contribution in [1.82, 2.24) is 9.55 Å². The Hall–Kier alpha value is -4.25. The first-order valence-corrected chi connectivity index (χ1v) is 11.1. The molecule has 0 bridgehead atoms. The van der Waals surface area contributed by atoms with Crippen molar-refractivity contribution in [2.75, 3.05) is 0 Å². The van der Waals surface area contributed by atoms with Crippen molar-refractivity contribution < 1.29 is 9.13 Å². The second kappa shape index (κ2) is 9.32. The van der Waals surface area contributed by atoms with Crippen LogP contribution in [0, 0.1) is 6.92 Å². The van der Waals surface area contributed by atoms with Crippen LogP contribution in [-0.2, 0) is 0 Å². The molecule has 0 unspecified atom stereocenters. The quantitative estimate of drug-likeness (QED) is 0.352. The molecule has 5 rings (SSSR count). The minimum absolute atomic E-state index is 0.149. The number of fused-ring (bicyclic) bond motifs is 1. The molecule has 0 atom stereocenters. The number of rotatable bonds is 5. The average molecular weight is 451 g/mol. The Bertz CT molecular complexity index is 1450. The van der Waals surface area contributed by atoms with Gasteiger partial charge in [0.15, 0.2) is 0 Å². The first-order valence-electron chi connectivity index (χ1n) is 11.1. The molecule has 168 valence electrons. The highest BCUT2D eigenvalue weighted by Crippen LogP contribution is 2.28. The smallest absolute Gasteiger partial charge is 0.262 e. The summed E-state index contributed by atoms with van der Waals surface area (Å²) in [5.41, 5.74) is 2.44. The van der Waals surface area contributed by atoms with Crippen molar-refractivity contribution in [3.63, 3.8) is 0 Å². The lowest BCUT2D eigenvalue weighted by atomic mass is 9.98. The van der Waals surface area contributed by atoms with Crippen molar-refractivity contribution in [2.24, 2.45) is 0 Å². The normalized spacial score (nSPS) is 13.5. The van der Waals surface area contributed by atoms with Crippen molar-refractivity contribution in [3.8, 4) is 5.75 Å². The van der Waals surface area contributed by atoms with E-state index in [1.54, 1.807) is 34.9 Å². The van der Waals surface area contributed by atoms with E-state index in [4.69, 9.17) is 9.72 Å². The third-order valence-electron chi connectivity index (χ3n) is 5.81. The summed E-state index contributed by atoms with van der Waals surface area (Å²) in [5, 5.41) is 0.461. The van der Waals surface area contributed by atoms with Gasteiger partial charge in [0.05, 0.1) is 16.9 Å². The zero-order valence-corrected chi connectivity index (χ0v) is 18.7. The first-order chi connectivity index (χ1) is 16.6. The molecular weight excluding hydrogens is 427 g/mol. The van der Waals surface area contributed by atoms with E-state index in [9.17, 15) is 9.18 Å². The van der Waals surface area contributed by atoms with Gasteiger partial charge < -0.3 is 4.74 Å². The third kappa shape index (κ3) is 4.33. The molecular formula is C29H23FN2O2. The Kier molecular flexibility index (Phi) is 5.91. The molecule has 1 heterocycles. The van der Waals surface area contributed by atoms with Gasteiger partial charge >= 0.3 is 0 Å². The molecule has 0 spiro atoms. The maximum atomic E-state index is 13.9. The molecule has 3 aromatic carbocycles. The minimum Gasteiger partial charge on any atom is -0.458 e. The highest BCUT2D eigenvalue weighted by molar-refractivity contribution is 5.79. The zero-order chi connectivity index (χ0) is 23.5. The molecule has 34 heavy (non-hydrogen) atoms. The summed E-state index contributed by atoms with van der Waals surface area (Å²) in [6.07, 6.45) is 6.65. The first kappa shape index (κ1) is 21.6. The van der Waals surface area contributed by atoms with E-state index in [2.05, 4.69) is 0 Å². The molecule has 1 aliphatic rings. The number of allylic oxidation sites excluding steroid dienone is 5. The molecule has 0 saturated heterocycles. The number of hydrogen-bond acceptors (Lipinski definition) is 3. The van der Waals surface area contributed by atoms with E-state index < -0.39 is 0 Å². The summed E-state index contributed by atoms with van der Waals surface area (Å²) < 4.78 is 21.2. The van der Waals surface area contributed by atoms with Gasteiger partial charge in [-0.3, -0.25) is 9.36 Å². The second-order valence-electron chi connectivity index (χ2n) is 8.10. The van der Waals surface area contributed by atoms with Crippen LogP contribution in [0.1, 0.15) is 29.4 Å². The molecule has 4 aromatic rings. The number of ether oxygens (including phenoxy) is 1. The fourth-order valence-corrected chi connectivity index (χ4v) is 4.21. The van der Waals surface area contributed by atoms with Crippen LogP contribution >= 0.6 is 0 Å². The number of benzene rings is 3. The van der Waals surface area contributed by atoms with Crippen LogP contribution in [0.25, 0.3) is 10.9 Å². The van der Waals surface area contributed by atoms with Crippen molar-refractivity contribution in [3.05, 3.63) is 142 Å². The molecule has 0 saturated carbocycles. The maximum Gasteiger partial charge on any atom is 0.262 e. The van der Waals surface area contributed by atoms with Gasteiger partial charge in [-0.25, -0.2) is 9.37 Å². The van der Waals surface area contributed by atoms with E-state index in [1.165, 1.54) is 12.2 Å². The Morgan fingerprint density at radius 3 is 2.26 bits per heavy atom. The summed E-state index contributed by atoms with van der Waals surface area (Å²) in [6.45, 7) is 1.85. The van der Waals surface area contributed by atoms with Crippen molar-refractivity contribution in [1.29, 1.82) is 0 Å². The van der Waals surface area contributed by atoms with Crippen LogP contribution in [0.4, 0.5) is 4.39 Å². The number of aryl methyl sites for hydroxylation is 1. The highest BCUT2D eigenvalue weighted by Gasteiger charge is 2.21. The van der Waals surface area contributed by atoms with Crippen LogP contribution < -0.4 is 10.3 Å².